The minimum atomic E-state index is -1.33. The first-order chi connectivity index (χ1) is 10.2. The molecule has 1 N–H and O–H groups in total. The van der Waals surface area contributed by atoms with E-state index in [0.717, 1.165) is 6.20 Å². The van der Waals surface area contributed by atoms with Gasteiger partial charge in [0.15, 0.2) is 5.57 Å². The molecule has 8 nitrogen and oxygen atoms in total. The molecule has 0 atom stereocenters. The third kappa shape index (κ3) is 3.22. The summed E-state index contributed by atoms with van der Waals surface area (Å²) in [5.41, 5.74) is 0.320. The van der Waals surface area contributed by atoms with E-state index in [0.29, 0.717) is 5.56 Å². The fraction of sp³-hybridized carbons (Fsp3) is 0.286. The van der Waals surface area contributed by atoms with Crippen molar-refractivity contribution < 1.29 is 24.0 Å². The number of aryl methyl sites for hydroxylation is 1. The van der Waals surface area contributed by atoms with E-state index in [1.807, 2.05) is 0 Å². The molecule has 0 spiro atoms. The zero-order valence-corrected chi connectivity index (χ0v) is 12.2. The lowest BCUT2D eigenvalue weighted by atomic mass is 10.2. The van der Waals surface area contributed by atoms with Crippen molar-refractivity contribution in [1.29, 1.82) is 0 Å². The molecule has 1 fully saturated rings. The van der Waals surface area contributed by atoms with Gasteiger partial charge < -0.3 is 14.8 Å². The average molecular weight is 306 g/mol. The highest BCUT2D eigenvalue weighted by molar-refractivity contribution is 6.15. The Hall–Kier alpha value is -2.90. The first-order valence-electron chi connectivity index (χ1n) is 6.38. The van der Waals surface area contributed by atoms with Crippen molar-refractivity contribution in [3.8, 4) is 0 Å². The van der Waals surface area contributed by atoms with Crippen LogP contribution in [0.4, 0.5) is 11.4 Å². The van der Waals surface area contributed by atoms with Crippen LogP contribution in [0.1, 0.15) is 19.4 Å². The summed E-state index contributed by atoms with van der Waals surface area (Å²) in [5.74, 6) is -3.05. The van der Waals surface area contributed by atoms with Gasteiger partial charge >= 0.3 is 11.9 Å². The van der Waals surface area contributed by atoms with Gasteiger partial charge in [-0.15, -0.1) is 0 Å². The average Bonchev–Trinajstić information content (AvgIpc) is 2.37. The number of ether oxygens (including phenoxy) is 2. The second-order valence-corrected chi connectivity index (χ2v) is 5.16. The Morgan fingerprint density at radius 3 is 2.36 bits per heavy atom. The maximum absolute atomic E-state index is 11.7. The topological polar surface area (TPSA) is 108 Å². The molecule has 0 unspecified atom stereocenters. The molecule has 0 radical (unpaired) electrons. The number of esters is 2. The largest absolute Gasteiger partial charge is 0.419 e. The first-order valence-corrected chi connectivity index (χ1v) is 6.38. The zero-order valence-electron chi connectivity index (χ0n) is 12.2. The monoisotopic (exact) mass is 306 g/mol. The van der Waals surface area contributed by atoms with Crippen LogP contribution >= 0.6 is 0 Å². The van der Waals surface area contributed by atoms with Crippen molar-refractivity contribution in [2.24, 2.45) is 0 Å². The van der Waals surface area contributed by atoms with Crippen LogP contribution in [0.25, 0.3) is 0 Å². The van der Waals surface area contributed by atoms with Crippen LogP contribution in [-0.2, 0) is 19.1 Å². The minimum absolute atomic E-state index is 0.147. The molecular weight excluding hydrogens is 292 g/mol. The number of rotatable bonds is 3. The zero-order chi connectivity index (χ0) is 16.5. The highest BCUT2D eigenvalue weighted by Gasteiger charge is 2.39. The Bertz CT molecular complexity index is 671. The fourth-order valence-electron chi connectivity index (χ4n) is 1.84. The van der Waals surface area contributed by atoms with Crippen LogP contribution in [0.2, 0.25) is 0 Å². The van der Waals surface area contributed by atoms with Gasteiger partial charge in [-0.05, 0) is 18.6 Å². The number of carbonyl (C=O) groups excluding carboxylic acids is 2. The summed E-state index contributed by atoms with van der Waals surface area (Å²) in [6.07, 6.45) is 1.04. The van der Waals surface area contributed by atoms with E-state index in [1.54, 1.807) is 13.0 Å². The maximum Gasteiger partial charge on any atom is 0.350 e. The second kappa shape index (κ2) is 5.47. The quantitative estimate of drug-likeness (QED) is 0.299. The molecule has 22 heavy (non-hydrogen) atoms. The van der Waals surface area contributed by atoms with Crippen LogP contribution in [0, 0.1) is 17.0 Å². The molecule has 0 bridgehead atoms. The smallest absolute Gasteiger partial charge is 0.350 e. The van der Waals surface area contributed by atoms with Crippen molar-refractivity contribution in [2.75, 3.05) is 5.32 Å². The molecule has 1 aromatic carbocycles. The second-order valence-electron chi connectivity index (χ2n) is 5.16. The molecule has 1 aliphatic heterocycles. The van der Waals surface area contributed by atoms with Crippen LogP contribution < -0.4 is 5.32 Å². The van der Waals surface area contributed by atoms with Gasteiger partial charge in [0, 0.05) is 26.1 Å². The first kappa shape index (κ1) is 15.5. The number of anilines is 1. The molecule has 116 valence electrons. The molecule has 0 aliphatic carbocycles. The molecule has 1 heterocycles. The predicted octanol–water partition coefficient (Wildman–Crippen LogP) is 2.04. The molecule has 1 aromatic rings. The number of hydrogen-bond acceptors (Lipinski definition) is 7. The molecule has 0 amide bonds. The summed E-state index contributed by atoms with van der Waals surface area (Å²) in [5, 5.41) is 13.6. The highest BCUT2D eigenvalue weighted by Crippen LogP contribution is 2.27. The molecule has 1 aliphatic rings. The SMILES string of the molecule is Cc1ccc(NC=C2C(=O)OC(C)(C)OC2=O)c([N+](=O)[O-])c1. The Balaban J connectivity index is 2.27. The fourth-order valence-corrected chi connectivity index (χ4v) is 1.84. The van der Waals surface area contributed by atoms with Gasteiger partial charge in [0.05, 0.1) is 4.92 Å². The lowest BCUT2D eigenvalue weighted by Gasteiger charge is -2.29. The summed E-state index contributed by atoms with van der Waals surface area (Å²) in [7, 11) is 0. The summed E-state index contributed by atoms with van der Waals surface area (Å²) in [6.45, 7) is 4.57. The van der Waals surface area contributed by atoms with Crippen molar-refractivity contribution in [3.63, 3.8) is 0 Å². The number of hydrogen-bond donors (Lipinski definition) is 1. The van der Waals surface area contributed by atoms with Crippen molar-refractivity contribution in [2.45, 2.75) is 26.6 Å². The number of nitrogens with one attached hydrogen (secondary N) is 1. The summed E-state index contributed by atoms with van der Waals surface area (Å²) in [6, 6.07) is 4.52. The van der Waals surface area contributed by atoms with Crippen LogP contribution in [0.5, 0.6) is 0 Å². The van der Waals surface area contributed by atoms with Gasteiger partial charge in [0.25, 0.3) is 11.5 Å². The third-order valence-corrected chi connectivity index (χ3v) is 2.84. The number of nitro groups is 1. The number of carbonyl (C=O) groups is 2. The number of cyclic esters (lactones) is 2. The maximum atomic E-state index is 11.7. The molecule has 1 saturated heterocycles. The van der Waals surface area contributed by atoms with E-state index >= 15 is 0 Å². The van der Waals surface area contributed by atoms with Gasteiger partial charge in [-0.25, -0.2) is 9.59 Å². The normalized spacial score (nSPS) is 16.6. The van der Waals surface area contributed by atoms with Gasteiger partial charge in [-0.3, -0.25) is 10.1 Å². The van der Waals surface area contributed by atoms with E-state index < -0.39 is 22.6 Å². The van der Waals surface area contributed by atoms with Gasteiger partial charge in [0.2, 0.25) is 0 Å². The Morgan fingerprint density at radius 2 is 1.82 bits per heavy atom. The van der Waals surface area contributed by atoms with Gasteiger partial charge in [0.1, 0.15) is 5.69 Å². The lowest BCUT2D eigenvalue weighted by Crippen LogP contribution is -2.42. The van der Waals surface area contributed by atoms with Crippen molar-refractivity contribution in [3.05, 3.63) is 45.6 Å². The Morgan fingerprint density at radius 1 is 1.23 bits per heavy atom. The van der Waals surface area contributed by atoms with E-state index in [-0.39, 0.29) is 16.9 Å². The Labute approximate surface area is 125 Å². The summed E-state index contributed by atoms with van der Waals surface area (Å²) >= 11 is 0. The lowest BCUT2D eigenvalue weighted by molar-refractivity contribution is -0.384. The summed E-state index contributed by atoms with van der Waals surface area (Å²) < 4.78 is 9.84. The van der Waals surface area contributed by atoms with Crippen LogP contribution in [-0.4, -0.2) is 22.6 Å². The molecule has 0 saturated carbocycles. The number of benzene rings is 1. The van der Waals surface area contributed by atoms with E-state index in [9.17, 15) is 19.7 Å². The molecule has 8 heteroatoms. The standard InChI is InChI=1S/C14H14N2O6/c1-8-4-5-10(11(6-8)16(19)20)15-7-9-12(17)21-14(2,3)22-13(9)18/h4-7,15H,1-3H3. The number of nitrogens with zero attached hydrogens (tertiary/aromatic N) is 1. The molecule has 2 rings (SSSR count). The van der Waals surface area contributed by atoms with E-state index in [2.05, 4.69) is 5.32 Å². The summed E-state index contributed by atoms with van der Waals surface area (Å²) in [4.78, 5) is 33.9. The number of nitro benzene ring substituents is 1. The highest BCUT2D eigenvalue weighted by atomic mass is 16.7. The molecule has 0 aromatic heterocycles. The third-order valence-electron chi connectivity index (χ3n) is 2.84. The van der Waals surface area contributed by atoms with Gasteiger partial charge in [-0.2, -0.15) is 0 Å². The van der Waals surface area contributed by atoms with Crippen molar-refractivity contribution in [1.82, 2.24) is 0 Å². The van der Waals surface area contributed by atoms with Crippen molar-refractivity contribution >= 4 is 23.3 Å². The van der Waals surface area contributed by atoms with Crippen LogP contribution in [0.3, 0.4) is 0 Å². The van der Waals surface area contributed by atoms with E-state index in [4.69, 9.17) is 9.47 Å². The minimum Gasteiger partial charge on any atom is -0.419 e. The Kier molecular flexibility index (Phi) is 3.85. The van der Waals surface area contributed by atoms with Gasteiger partial charge in [-0.1, -0.05) is 6.07 Å². The molecular formula is C14H14N2O6. The van der Waals surface area contributed by atoms with E-state index in [1.165, 1.54) is 26.0 Å². The predicted molar refractivity (Wildman–Crippen MR) is 75.8 cm³/mol. The van der Waals surface area contributed by atoms with Crippen LogP contribution in [0.15, 0.2) is 30.0 Å².